The van der Waals surface area contributed by atoms with Crippen molar-refractivity contribution in [2.45, 2.75) is 148 Å². The van der Waals surface area contributed by atoms with Crippen molar-refractivity contribution >= 4 is 44.6 Å². The van der Waals surface area contributed by atoms with Crippen LogP contribution in [0.2, 0.25) is 0 Å². The maximum atomic E-state index is 13.4. The molecule has 2 fully saturated rings. The average molecular weight is 904 g/mol. The molecule has 14 nitrogen and oxygen atoms in total. The van der Waals surface area contributed by atoms with Gasteiger partial charge in [-0.25, -0.2) is 13.2 Å². The lowest BCUT2D eigenvalue weighted by Gasteiger charge is -2.27. The number of amides is 4. The molecule has 1 saturated heterocycles. The van der Waals surface area contributed by atoms with Crippen molar-refractivity contribution in [2.24, 2.45) is 11.8 Å². The zero-order valence-electron chi connectivity index (χ0n) is 37.6. The van der Waals surface area contributed by atoms with Gasteiger partial charge in [-0.1, -0.05) is 65.0 Å². The van der Waals surface area contributed by atoms with Gasteiger partial charge in [-0.2, -0.15) is 18.2 Å². The number of nitrogens with one attached hydrogen (secondary N) is 3. The number of aryl methyl sites for hydroxylation is 1. The largest absolute Gasteiger partial charge is 0.477 e. The van der Waals surface area contributed by atoms with Crippen LogP contribution in [0.3, 0.4) is 0 Å². The van der Waals surface area contributed by atoms with Crippen LogP contribution in [0.5, 0.6) is 11.8 Å². The van der Waals surface area contributed by atoms with Gasteiger partial charge in [0, 0.05) is 48.6 Å². The lowest BCUT2D eigenvalue weighted by atomic mass is 9.91. The quantitative estimate of drug-likeness (QED) is 0.239. The predicted octanol–water partition coefficient (Wildman–Crippen LogP) is 8.27. The average Bonchev–Trinajstić information content (AvgIpc) is 3.92. The Morgan fingerprint density at radius 2 is 1.73 bits per heavy atom. The number of pyridine rings is 1. The van der Waals surface area contributed by atoms with Crippen molar-refractivity contribution < 1.29 is 59.3 Å². The molecule has 2 aromatic rings. The number of carbonyl (C=O) groups is 4. The highest BCUT2D eigenvalue weighted by Gasteiger charge is 2.53. The zero-order chi connectivity index (χ0) is 46.5. The molecule has 18 heteroatoms. The molecule has 0 bridgehead atoms. The van der Waals surface area contributed by atoms with Crippen molar-refractivity contribution in [2.75, 3.05) is 26.7 Å². The Bertz CT molecular complexity index is 2010. The lowest BCUT2D eigenvalue weighted by Crippen LogP contribution is -2.46. The number of rotatable bonds is 6. The van der Waals surface area contributed by atoms with Crippen LogP contribution in [0.15, 0.2) is 36.4 Å². The van der Waals surface area contributed by atoms with Gasteiger partial charge in [0.25, 0.3) is 0 Å². The molecule has 4 aliphatic rings. The summed E-state index contributed by atoms with van der Waals surface area (Å²) in [6, 6.07) is 7.57. The second-order valence-electron chi connectivity index (χ2n) is 16.5. The number of sulfonamides is 1. The van der Waals surface area contributed by atoms with E-state index in [1.165, 1.54) is 14.0 Å². The first-order valence-electron chi connectivity index (χ1n) is 21.6. The molecule has 0 unspecified atom stereocenters. The Labute approximate surface area is 369 Å². The number of carbonyl (C=O) groups excluding carboxylic acids is 4. The van der Waals surface area contributed by atoms with Gasteiger partial charge in [-0.15, -0.1) is 0 Å². The maximum absolute atomic E-state index is 13.4. The molecule has 62 heavy (non-hydrogen) atoms. The van der Waals surface area contributed by atoms with E-state index in [-0.39, 0.29) is 28.1 Å². The summed E-state index contributed by atoms with van der Waals surface area (Å²) in [5.74, 6) is 1.38. The minimum absolute atomic E-state index is 0. The van der Waals surface area contributed by atoms with Crippen LogP contribution in [0.25, 0.3) is 10.8 Å². The highest BCUT2D eigenvalue weighted by molar-refractivity contribution is 7.91. The molecule has 4 heterocycles. The molecule has 1 aromatic carbocycles. The van der Waals surface area contributed by atoms with Crippen LogP contribution in [-0.4, -0.2) is 97.5 Å². The second kappa shape index (κ2) is 22.7. The first-order chi connectivity index (χ1) is 29.1. The number of benzene rings is 1. The fourth-order valence-electron chi connectivity index (χ4n) is 7.45. The van der Waals surface area contributed by atoms with E-state index in [1.54, 1.807) is 4.90 Å². The first kappa shape index (κ1) is 51.7. The number of hydrogen-bond acceptors (Lipinski definition) is 10. The summed E-state index contributed by atoms with van der Waals surface area (Å²) in [5.41, 5.74) is -1.33. The minimum Gasteiger partial charge on any atom is -0.477 e. The standard InChI is InChI=1S/C29H37N3O4.C7H13NO3S.C6H10F3NO2.C2H6.3H2/c1-19-9-4-3-7-13-30-27(34)25-17-21(18-32(25)26(33)16-20(2)15-19)36-29-24-11-6-5-10-22(24)23-12-8-14-35-28(23)31-29;1-3-7(4-5-7)12(10,11)8-6(2)9;1-5(2,6(7,8)9)12-4(11)10-3;1-2;;;/h3,5-7,10-11,19-21,25H,4,8-9,12-18H2,1-2H3,(H,30,34);3-5H2,1-2H3,(H,8,9);1-3H3,(H,10,11);1-2H3;3*1H/b7-3-;;;;;;/t19-,20-,21-,25+;;;;;;/m1....../s1. The van der Waals surface area contributed by atoms with Gasteiger partial charge < -0.3 is 29.7 Å². The van der Waals surface area contributed by atoms with E-state index in [0.717, 1.165) is 62.3 Å². The van der Waals surface area contributed by atoms with Crippen LogP contribution in [0.4, 0.5) is 18.0 Å². The van der Waals surface area contributed by atoms with E-state index in [0.29, 0.717) is 69.5 Å². The topological polar surface area (TPSA) is 182 Å². The highest BCUT2D eigenvalue weighted by atomic mass is 32.2. The summed E-state index contributed by atoms with van der Waals surface area (Å²) in [6.07, 6.45) is 6.01. The Morgan fingerprint density at radius 3 is 2.32 bits per heavy atom. The molecular weight excluding hydrogens is 832 g/mol. The Morgan fingerprint density at radius 1 is 1.06 bits per heavy atom. The molecule has 1 aliphatic carbocycles. The van der Waals surface area contributed by atoms with Crippen molar-refractivity contribution in [1.29, 1.82) is 0 Å². The van der Waals surface area contributed by atoms with Crippen LogP contribution >= 0.6 is 0 Å². The second-order valence-corrected chi connectivity index (χ2v) is 18.6. The van der Waals surface area contributed by atoms with E-state index in [9.17, 15) is 40.8 Å². The van der Waals surface area contributed by atoms with Gasteiger partial charge >= 0.3 is 12.3 Å². The predicted molar refractivity (Wildman–Crippen MR) is 237 cm³/mol. The van der Waals surface area contributed by atoms with Crippen LogP contribution < -0.4 is 24.8 Å². The van der Waals surface area contributed by atoms with E-state index in [1.807, 2.05) is 55.1 Å². The van der Waals surface area contributed by atoms with Crippen molar-refractivity contribution in [3.63, 3.8) is 0 Å². The summed E-state index contributed by atoms with van der Waals surface area (Å²) in [7, 11) is -2.21. The molecule has 0 radical (unpaired) electrons. The van der Waals surface area contributed by atoms with E-state index in [4.69, 9.17) is 14.5 Å². The van der Waals surface area contributed by atoms with Gasteiger partial charge in [0.2, 0.25) is 45.1 Å². The number of ether oxygens (including phenoxy) is 3. The molecule has 4 amide bonds. The Balaban J connectivity index is 0.00000117. The number of fused-ring (bicyclic) bond motifs is 4. The molecule has 3 aliphatic heterocycles. The van der Waals surface area contributed by atoms with Crippen LogP contribution in [0, 0.1) is 11.8 Å². The number of nitrogens with zero attached hydrogens (tertiary/aromatic N) is 2. The third-order valence-electron chi connectivity index (χ3n) is 11.2. The Hall–Kier alpha value is -4.61. The zero-order valence-corrected chi connectivity index (χ0v) is 38.4. The number of alkyl halides is 3. The number of hydrogen-bond donors (Lipinski definition) is 3. The van der Waals surface area contributed by atoms with Gasteiger partial charge in [0.05, 0.1) is 17.9 Å². The fourth-order valence-corrected chi connectivity index (χ4v) is 9.07. The van der Waals surface area contributed by atoms with E-state index < -0.39 is 44.6 Å². The van der Waals surface area contributed by atoms with Crippen molar-refractivity contribution in [3.8, 4) is 11.8 Å². The third kappa shape index (κ3) is 13.9. The smallest absolute Gasteiger partial charge is 0.427 e. The highest BCUT2D eigenvalue weighted by Crippen LogP contribution is 2.45. The van der Waals surface area contributed by atoms with Gasteiger partial charge in [0.1, 0.15) is 12.1 Å². The molecule has 1 saturated carbocycles. The lowest BCUT2D eigenvalue weighted by molar-refractivity contribution is -0.243. The molecule has 0 spiro atoms. The molecular formula is C44H72F3N5O9S. The van der Waals surface area contributed by atoms with Gasteiger partial charge in [-0.05, 0) is 88.5 Å². The van der Waals surface area contributed by atoms with Gasteiger partial charge in [-0.3, -0.25) is 19.1 Å². The number of aromatic nitrogens is 1. The van der Waals surface area contributed by atoms with E-state index >= 15 is 0 Å². The number of allylic oxidation sites excluding steroid dienone is 1. The summed E-state index contributed by atoms with van der Waals surface area (Å²) in [6.45, 7) is 14.5. The Kier molecular flexibility index (Phi) is 18.9. The monoisotopic (exact) mass is 904 g/mol. The minimum atomic E-state index is -4.56. The fraction of sp³-hybridized carbons (Fsp3) is 0.659. The number of halogens is 3. The third-order valence-corrected chi connectivity index (χ3v) is 13.6. The van der Waals surface area contributed by atoms with Crippen molar-refractivity contribution in [3.05, 3.63) is 42.0 Å². The summed E-state index contributed by atoms with van der Waals surface area (Å²) < 4.78 is 76.7. The summed E-state index contributed by atoms with van der Waals surface area (Å²) in [5, 5.41) is 6.97. The molecule has 4 atom stereocenters. The molecule has 3 N–H and O–H groups in total. The molecule has 1 aromatic heterocycles. The van der Waals surface area contributed by atoms with Gasteiger partial charge in [0.15, 0.2) is 0 Å². The molecule has 354 valence electrons. The summed E-state index contributed by atoms with van der Waals surface area (Å²) in [4.78, 5) is 54.0. The van der Waals surface area contributed by atoms with Crippen LogP contribution in [0.1, 0.15) is 123 Å². The van der Waals surface area contributed by atoms with Crippen LogP contribution in [-0.2, 0) is 35.6 Å². The molecule has 6 rings (SSSR count). The SMILES string of the molecule is CC.CCC1(S(=O)(=O)NC(C)=O)CC1.CNC(=O)OC(C)(C)C(F)(F)F.C[C@@H]1CC/C=C\CNC(=O)[C@@H]2C[C@@H](Oc3nc4c(c5ccccc35)CCCO4)CN2C(=O)C[C@H](C)C1.[HH].[HH].[HH]. The normalized spacial score (nSPS) is 22.9. The van der Waals surface area contributed by atoms with E-state index in [2.05, 4.69) is 36.0 Å². The summed E-state index contributed by atoms with van der Waals surface area (Å²) >= 11 is 0. The maximum Gasteiger partial charge on any atom is 0.427 e. The first-order valence-corrected chi connectivity index (χ1v) is 23.1. The number of alkyl carbamates (subject to hydrolysis) is 1. The van der Waals surface area contributed by atoms with Crippen molar-refractivity contribution in [1.82, 2.24) is 25.2 Å².